The number of rotatable bonds is 29. The summed E-state index contributed by atoms with van der Waals surface area (Å²) in [5.74, 6) is 0. The van der Waals surface area contributed by atoms with Gasteiger partial charge < -0.3 is 8.97 Å². The molecule has 36 heavy (non-hydrogen) atoms. The van der Waals surface area contributed by atoms with E-state index >= 15 is 0 Å². The zero-order valence-electron chi connectivity index (χ0n) is 26.7. The third kappa shape index (κ3) is 27.0. The Morgan fingerprint density at radius 3 is 0.611 bits per heavy atom. The maximum absolute atomic E-state index is 2.46. The smallest absolute Gasteiger partial charge is 0.0782 e. The van der Waals surface area contributed by atoms with Gasteiger partial charge in [-0.05, 0) is 51.4 Å². The minimum atomic E-state index is 1.23. The number of hydrogen-bond donors (Lipinski definition) is 0. The Kier molecular flexibility index (Phi) is 25.2. The van der Waals surface area contributed by atoms with Crippen molar-refractivity contribution in [2.24, 2.45) is 0 Å². The van der Waals surface area contributed by atoms with Gasteiger partial charge in [0.2, 0.25) is 0 Å². The summed E-state index contributed by atoms with van der Waals surface area (Å²) < 4.78 is 2.47. The fourth-order valence-corrected chi connectivity index (χ4v) is 5.71. The van der Waals surface area contributed by atoms with Gasteiger partial charge >= 0.3 is 0 Å². The van der Waals surface area contributed by atoms with Crippen LogP contribution >= 0.6 is 0 Å². The van der Waals surface area contributed by atoms with E-state index in [4.69, 9.17) is 0 Å². The van der Waals surface area contributed by atoms with Crippen molar-refractivity contribution >= 4 is 0 Å². The molecule has 0 atom stereocenters. The fourth-order valence-electron chi connectivity index (χ4n) is 5.71. The normalized spacial score (nSPS) is 12.5. The van der Waals surface area contributed by atoms with Crippen LogP contribution in [0, 0.1) is 0 Å². The summed E-state index contributed by atoms with van der Waals surface area (Å²) in [4.78, 5) is 0. The monoisotopic (exact) mass is 511 g/mol. The summed E-state index contributed by atoms with van der Waals surface area (Å²) in [6.07, 6.45) is 34.6. The second-order valence-corrected chi connectivity index (χ2v) is 13.5. The molecule has 0 aromatic carbocycles. The van der Waals surface area contributed by atoms with Crippen LogP contribution in [0.3, 0.4) is 0 Å². The van der Waals surface area contributed by atoms with E-state index in [0.29, 0.717) is 0 Å². The van der Waals surface area contributed by atoms with Gasteiger partial charge in [-0.25, -0.2) is 0 Å². The molecule has 0 saturated heterocycles. The van der Waals surface area contributed by atoms with Crippen molar-refractivity contribution < 1.29 is 8.97 Å². The molecule has 0 aromatic rings. The zero-order chi connectivity index (χ0) is 26.8. The highest BCUT2D eigenvalue weighted by molar-refractivity contribution is 4.50. The number of unbranched alkanes of at least 4 members (excludes halogenated alkanes) is 21. The van der Waals surface area contributed by atoms with Crippen molar-refractivity contribution in [3.8, 4) is 0 Å². The van der Waals surface area contributed by atoms with Crippen LogP contribution in [-0.4, -0.2) is 63.3 Å². The van der Waals surface area contributed by atoms with Crippen molar-refractivity contribution in [3.63, 3.8) is 0 Å². The number of quaternary nitrogens is 2. The third-order valence-corrected chi connectivity index (χ3v) is 8.51. The molecule has 2 nitrogen and oxygen atoms in total. The Morgan fingerprint density at radius 1 is 0.250 bits per heavy atom. The van der Waals surface area contributed by atoms with Crippen molar-refractivity contribution in [1.29, 1.82) is 0 Å². The lowest BCUT2D eigenvalue weighted by Crippen LogP contribution is -2.41. The van der Waals surface area contributed by atoms with Crippen LogP contribution in [-0.2, 0) is 0 Å². The van der Waals surface area contributed by atoms with E-state index in [9.17, 15) is 0 Å². The van der Waals surface area contributed by atoms with Crippen molar-refractivity contribution in [2.45, 2.75) is 168 Å². The zero-order valence-corrected chi connectivity index (χ0v) is 26.7. The molecule has 0 saturated carbocycles. The summed E-state index contributed by atoms with van der Waals surface area (Å²) in [6.45, 7) is 10.1. The average Bonchev–Trinajstić information content (AvgIpc) is 2.83. The Hall–Kier alpha value is -0.0800. The molecular formula is C34H74N2+2. The van der Waals surface area contributed by atoms with Crippen LogP contribution in [0.15, 0.2) is 0 Å². The lowest BCUT2D eigenvalue weighted by atomic mass is 10.1. The van der Waals surface area contributed by atoms with E-state index in [0.717, 1.165) is 0 Å². The largest absolute Gasteiger partial charge is 0.328 e. The molecule has 0 amide bonds. The molecule has 0 radical (unpaired) electrons. The molecule has 0 fully saturated rings. The number of hydrogen-bond acceptors (Lipinski definition) is 0. The van der Waals surface area contributed by atoms with Gasteiger partial charge in [0, 0.05) is 0 Å². The number of nitrogens with zero attached hydrogens (tertiary/aromatic N) is 2. The molecule has 0 spiro atoms. The molecule has 0 aliphatic carbocycles. The summed E-state index contributed by atoms with van der Waals surface area (Å²) in [5, 5.41) is 0. The quantitative estimate of drug-likeness (QED) is 0.0693. The molecule has 0 unspecified atom stereocenters. The fraction of sp³-hybridized carbons (Fsp3) is 1.00. The first kappa shape index (κ1) is 35.9. The maximum atomic E-state index is 2.46. The predicted octanol–water partition coefficient (Wildman–Crippen LogP) is 10.5. The highest BCUT2D eigenvalue weighted by Crippen LogP contribution is 2.15. The summed E-state index contributed by atoms with van der Waals surface area (Å²) in [5.41, 5.74) is 0. The molecule has 0 rings (SSSR count). The molecule has 0 N–H and O–H groups in total. The summed E-state index contributed by atoms with van der Waals surface area (Å²) in [7, 11) is 9.83. The highest BCUT2D eigenvalue weighted by Gasteiger charge is 2.15. The van der Waals surface area contributed by atoms with Crippen LogP contribution in [0.2, 0.25) is 0 Å². The first-order valence-electron chi connectivity index (χ1n) is 17.0. The Morgan fingerprint density at radius 2 is 0.417 bits per heavy atom. The van der Waals surface area contributed by atoms with Gasteiger partial charge in [0.25, 0.3) is 0 Å². The van der Waals surface area contributed by atoms with Crippen LogP contribution < -0.4 is 0 Å². The first-order valence-corrected chi connectivity index (χ1v) is 17.0. The van der Waals surface area contributed by atoms with Gasteiger partial charge in [-0.1, -0.05) is 117 Å². The minimum absolute atomic E-state index is 1.23. The predicted molar refractivity (Wildman–Crippen MR) is 166 cm³/mol. The topological polar surface area (TPSA) is 0 Å². The molecule has 0 bridgehead atoms. The molecule has 0 heterocycles. The molecule has 2 heteroatoms. The summed E-state index contributed by atoms with van der Waals surface area (Å²) in [6, 6.07) is 0. The van der Waals surface area contributed by atoms with E-state index in [1.54, 1.807) is 0 Å². The average molecular weight is 511 g/mol. The van der Waals surface area contributed by atoms with Crippen molar-refractivity contribution in [1.82, 2.24) is 0 Å². The molecule has 0 aliphatic rings. The van der Waals surface area contributed by atoms with Gasteiger partial charge in [-0.15, -0.1) is 0 Å². The third-order valence-electron chi connectivity index (χ3n) is 8.51. The van der Waals surface area contributed by atoms with Crippen molar-refractivity contribution in [2.75, 3.05) is 54.4 Å². The Labute approximate surface area is 231 Å². The van der Waals surface area contributed by atoms with Gasteiger partial charge in [0.05, 0.1) is 54.4 Å². The van der Waals surface area contributed by atoms with E-state index in [1.165, 1.54) is 189 Å². The van der Waals surface area contributed by atoms with E-state index < -0.39 is 0 Å². The van der Waals surface area contributed by atoms with E-state index in [2.05, 4.69) is 42.0 Å². The second kappa shape index (κ2) is 25.2. The van der Waals surface area contributed by atoms with E-state index in [-0.39, 0.29) is 0 Å². The summed E-state index contributed by atoms with van der Waals surface area (Å²) >= 11 is 0. The molecule has 0 aromatic heterocycles. The standard InChI is InChI=1S/C34H74N2/c1-7-9-11-13-15-17-18-19-20-22-24-28-32-36(5,6)34-30-26-25-29-33-35(3,4)31-27-23-21-16-14-12-10-8-2/h7-34H2,1-6H3/q+2. The lowest BCUT2D eigenvalue weighted by molar-refractivity contribution is -0.891. The van der Waals surface area contributed by atoms with Crippen LogP contribution in [0.1, 0.15) is 168 Å². The SMILES string of the molecule is CCCCCCCCCCCCCC[N+](C)(C)CCCCCC[N+](C)(C)CCCCCCCCCC. The van der Waals surface area contributed by atoms with Gasteiger partial charge in [0.15, 0.2) is 0 Å². The molecule has 218 valence electrons. The van der Waals surface area contributed by atoms with Gasteiger partial charge in [0.1, 0.15) is 0 Å². The minimum Gasteiger partial charge on any atom is -0.328 e. The Bertz CT molecular complexity index is 429. The van der Waals surface area contributed by atoms with E-state index in [1.807, 2.05) is 0 Å². The highest BCUT2D eigenvalue weighted by atomic mass is 15.3. The van der Waals surface area contributed by atoms with Gasteiger partial charge in [-0.3, -0.25) is 0 Å². The van der Waals surface area contributed by atoms with Gasteiger partial charge in [-0.2, -0.15) is 0 Å². The Balaban J connectivity index is 3.52. The second-order valence-electron chi connectivity index (χ2n) is 13.5. The molecular weight excluding hydrogens is 436 g/mol. The van der Waals surface area contributed by atoms with Crippen molar-refractivity contribution in [3.05, 3.63) is 0 Å². The van der Waals surface area contributed by atoms with Crippen LogP contribution in [0.5, 0.6) is 0 Å². The molecule has 0 aliphatic heterocycles. The maximum Gasteiger partial charge on any atom is 0.0782 e. The van der Waals surface area contributed by atoms with Crippen LogP contribution in [0.25, 0.3) is 0 Å². The lowest BCUT2D eigenvalue weighted by Gasteiger charge is -2.31. The van der Waals surface area contributed by atoms with Crippen LogP contribution in [0.4, 0.5) is 0 Å². The first-order chi connectivity index (χ1) is 17.3.